The average Bonchev–Trinajstić information content (AvgIpc) is 2.76. The lowest BCUT2D eigenvalue weighted by atomic mass is 10.2. The molecule has 0 N–H and O–H groups in total. The largest absolute Gasteiger partial charge is 0.468 e. The molecule has 0 amide bonds. The van der Waals surface area contributed by atoms with E-state index in [9.17, 15) is 9.59 Å². The van der Waals surface area contributed by atoms with Gasteiger partial charge in [-0.05, 0) is 25.7 Å². The maximum absolute atomic E-state index is 10.6. The van der Waals surface area contributed by atoms with E-state index < -0.39 is 0 Å². The van der Waals surface area contributed by atoms with Crippen LogP contribution in [0.25, 0.3) is 0 Å². The molecule has 2 rings (SSSR count). The summed E-state index contributed by atoms with van der Waals surface area (Å²) in [5.74, 6) is 1.91. The molecule has 68 valence electrons. The first-order chi connectivity index (χ1) is 5.79. The summed E-state index contributed by atoms with van der Waals surface area (Å²) in [5.41, 5.74) is 0. The van der Waals surface area contributed by atoms with E-state index in [1.165, 1.54) is 12.8 Å². The van der Waals surface area contributed by atoms with Crippen LogP contribution in [0.15, 0.2) is 0 Å². The Morgan fingerprint density at radius 3 is 2.50 bits per heavy atom. The summed E-state index contributed by atoms with van der Waals surface area (Å²) in [7, 11) is 0. The van der Waals surface area contributed by atoms with Gasteiger partial charge in [-0.15, -0.1) is 0 Å². The number of hydrogen-bond donors (Lipinski definition) is 0. The Morgan fingerprint density at radius 2 is 2.42 bits per heavy atom. The molecule has 0 saturated heterocycles. The van der Waals surface area contributed by atoms with Gasteiger partial charge in [-0.3, -0.25) is 9.59 Å². The van der Waals surface area contributed by atoms with Gasteiger partial charge in [0.1, 0.15) is 5.78 Å². The highest BCUT2D eigenvalue weighted by Crippen LogP contribution is 2.49. The van der Waals surface area contributed by atoms with Crippen LogP contribution in [0.1, 0.15) is 26.2 Å². The molecular formula is C9H14O3. The molecule has 12 heavy (non-hydrogen) atoms. The van der Waals surface area contributed by atoms with Crippen LogP contribution in [0.2, 0.25) is 0 Å². The quantitative estimate of drug-likeness (QED) is 0.584. The van der Waals surface area contributed by atoms with Gasteiger partial charge < -0.3 is 4.74 Å². The Hall–Kier alpha value is -0.860. The fourth-order valence-electron chi connectivity index (χ4n) is 1.54. The van der Waals surface area contributed by atoms with Crippen LogP contribution in [-0.2, 0) is 14.3 Å². The molecule has 2 aliphatic carbocycles. The smallest absolute Gasteiger partial charge is 0.293 e. The summed E-state index contributed by atoms with van der Waals surface area (Å²) in [6.45, 7) is 2.66. The summed E-state index contributed by atoms with van der Waals surface area (Å²) in [5, 5.41) is 0. The molecule has 2 saturated carbocycles. The van der Waals surface area contributed by atoms with Gasteiger partial charge in [0.05, 0.1) is 6.61 Å². The van der Waals surface area contributed by atoms with E-state index in [-0.39, 0.29) is 0 Å². The first-order valence-electron chi connectivity index (χ1n) is 4.37. The lowest BCUT2D eigenvalue weighted by Crippen LogP contribution is -1.91. The second-order valence-corrected chi connectivity index (χ2v) is 3.16. The highest BCUT2D eigenvalue weighted by atomic mass is 16.5. The molecule has 0 aliphatic heterocycles. The Labute approximate surface area is 72.1 Å². The average molecular weight is 170 g/mol. The predicted molar refractivity (Wildman–Crippen MR) is 43.5 cm³/mol. The van der Waals surface area contributed by atoms with E-state index >= 15 is 0 Å². The van der Waals surface area contributed by atoms with Crippen molar-refractivity contribution in [3.63, 3.8) is 0 Å². The van der Waals surface area contributed by atoms with E-state index in [1.54, 1.807) is 6.92 Å². The zero-order valence-electron chi connectivity index (χ0n) is 7.29. The third-order valence-electron chi connectivity index (χ3n) is 2.33. The maximum atomic E-state index is 10.6. The highest BCUT2D eigenvalue weighted by molar-refractivity contribution is 5.86. The third kappa shape index (κ3) is 2.32. The van der Waals surface area contributed by atoms with E-state index in [1.807, 2.05) is 0 Å². The van der Waals surface area contributed by atoms with Crippen molar-refractivity contribution in [1.82, 2.24) is 0 Å². The van der Waals surface area contributed by atoms with Gasteiger partial charge >= 0.3 is 0 Å². The van der Waals surface area contributed by atoms with Gasteiger partial charge in [0.25, 0.3) is 6.47 Å². The minimum absolute atomic E-state index is 0.431. The molecule has 0 aromatic rings. The molecule has 0 aromatic carbocycles. The van der Waals surface area contributed by atoms with Crippen molar-refractivity contribution in [2.75, 3.05) is 6.61 Å². The van der Waals surface area contributed by atoms with Gasteiger partial charge in [-0.1, -0.05) is 0 Å². The number of carbonyl (C=O) groups is 2. The summed E-state index contributed by atoms with van der Waals surface area (Å²) < 4.78 is 4.15. The molecule has 0 spiro atoms. The number of Topliss-reactive ketones (excluding diaryl/α,β-unsaturated/α-hetero) is 1. The van der Waals surface area contributed by atoms with Gasteiger partial charge in [0.2, 0.25) is 0 Å². The van der Waals surface area contributed by atoms with Crippen molar-refractivity contribution >= 4 is 12.3 Å². The SMILES string of the molecule is CCOC=O.O=C1CCC2CC12. The first-order valence-corrected chi connectivity index (χ1v) is 4.37. The van der Waals surface area contributed by atoms with Crippen molar-refractivity contribution in [1.29, 1.82) is 0 Å². The highest BCUT2D eigenvalue weighted by Gasteiger charge is 2.47. The fraction of sp³-hybridized carbons (Fsp3) is 0.778. The van der Waals surface area contributed by atoms with Gasteiger partial charge in [-0.2, -0.15) is 0 Å². The third-order valence-corrected chi connectivity index (χ3v) is 2.33. The lowest BCUT2D eigenvalue weighted by molar-refractivity contribution is -0.128. The minimum Gasteiger partial charge on any atom is -0.468 e. The molecule has 0 radical (unpaired) electrons. The van der Waals surface area contributed by atoms with E-state index in [4.69, 9.17) is 0 Å². The van der Waals surface area contributed by atoms with Crippen LogP contribution in [0.4, 0.5) is 0 Å². The standard InChI is InChI=1S/C6H8O.C3H6O2/c7-6-2-1-4-3-5(4)6;1-2-5-3-4/h4-5H,1-3H2;3H,2H2,1H3. The van der Waals surface area contributed by atoms with Crippen molar-refractivity contribution in [3.05, 3.63) is 0 Å². The molecule has 0 bridgehead atoms. The number of hydrogen-bond acceptors (Lipinski definition) is 3. The summed E-state index contributed by atoms with van der Waals surface area (Å²) in [4.78, 5) is 19.8. The van der Waals surface area contributed by atoms with E-state index in [2.05, 4.69) is 4.74 Å². The van der Waals surface area contributed by atoms with Crippen LogP contribution < -0.4 is 0 Å². The number of rotatable bonds is 2. The second-order valence-electron chi connectivity index (χ2n) is 3.16. The number of carbonyl (C=O) groups excluding carboxylic acids is 2. The number of fused-ring (bicyclic) bond motifs is 1. The molecular weight excluding hydrogens is 156 g/mol. The summed E-state index contributed by atoms with van der Waals surface area (Å²) in [6, 6.07) is 0. The van der Waals surface area contributed by atoms with E-state index in [0.29, 0.717) is 24.8 Å². The van der Waals surface area contributed by atoms with Gasteiger partial charge in [0.15, 0.2) is 0 Å². The molecule has 3 nitrogen and oxygen atoms in total. The van der Waals surface area contributed by atoms with Crippen molar-refractivity contribution in [3.8, 4) is 0 Å². The van der Waals surface area contributed by atoms with Crippen molar-refractivity contribution < 1.29 is 14.3 Å². The maximum Gasteiger partial charge on any atom is 0.293 e. The monoisotopic (exact) mass is 170 g/mol. The number of ether oxygens (including phenoxy) is 1. The molecule has 2 atom stereocenters. The van der Waals surface area contributed by atoms with E-state index in [0.717, 1.165) is 12.3 Å². The van der Waals surface area contributed by atoms with Crippen LogP contribution in [0.5, 0.6) is 0 Å². The molecule has 2 fully saturated rings. The minimum atomic E-state index is 0.431. The second kappa shape index (κ2) is 4.24. The molecule has 3 heteroatoms. The topological polar surface area (TPSA) is 43.4 Å². The first kappa shape index (κ1) is 9.23. The van der Waals surface area contributed by atoms with Crippen LogP contribution in [0, 0.1) is 11.8 Å². The Morgan fingerprint density at radius 1 is 1.67 bits per heavy atom. The van der Waals surface area contributed by atoms with Crippen LogP contribution >= 0.6 is 0 Å². The molecule has 2 unspecified atom stereocenters. The number of ketones is 1. The molecule has 0 aromatic heterocycles. The zero-order valence-corrected chi connectivity index (χ0v) is 7.29. The Bertz CT molecular complexity index is 177. The fourth-order valence-corrected chi connectivity index (χ4v) is 1.54. The van der Waals surface area contributed by atoms with Crippen molar-refractivity contribution in [2.45, 2.75) is 26.2 Å². The zero-order chi connectivity index (χ0) is 8.97. The van der Waals surface area contributed by atoms with Crippen LogP contribution in [-0.4, -0.2) is 18.9 Å². The van der Waals surface area contributed by atoms with Gasteiger partial charge in [0, 0.05) is 12.3 Å². The molecule has 2 aliphatic rings. The summed E-state index contributed by atoms with van der Waals surface area (Å²) in [6.07, 6.45) is 3.30. The Kier molecular flexibility index (Phi) is 3.26. The summed E-state index contributed by atoms with van der Waals surface area (Å²) >= 11 is 0. The van der Waals surface area contributed by atoms with Crippen LogP contribution in [0.3, 0.4) is 0 Å². The van der Waals surface area contributed by atoms with Crippen molar-refractivity contribution in [2.24, 2.45) is 11.8 Å². The van der Waals surface area contributed by atoms with Gasteiger partial charge in [-0.25, -0.2) is 0 Å². The Balaban J connectivity index is 0.000000130. The predicted octanol–water partition coefficient (Wildman–Crippen LogP) is 1.16. The normalized spacial score (nSPS) is 29.9. The molecule has 0 heterocycles. The lowest BCUT2D eigenvalue weighted by Gasteiger charge is -1.82.